The first-order valence-corrected chi connectivity index (χ1v) is 4.23. The monoisotopic (exact) mass is 140 g/mol. The summed E-state index contributed by atoms with van der Waals surface area (Å²) in [4.78, 5) is 0. The standard InChI is InChI=1S/C2H4O3S2/c3-6-1-2-7(4)5-6/h1-2H2. The van der Waals surface area contributed by atoms with Crippen LogP contribution in [0.4, 0.5) is 0 Å². The van der Waals surface area contributed by atoms with E-state index in [0.717, 1.165) is 0 Å². The summed E-state index contributed by atoms with van der Waals surface area (Å²) in [6, 6.07) is 0. The third-order valence-electron chi connectivity index (χ3n) is 0.568. The Bertz CT molecular complexity index is 106. The van der Waals surface area contributed by atoms with Gasteiger partial charge in [0.15, 0.2) is 22.2 Å². The van der Waals surface area contributed by atoms with E-state index in [1.165, 1.54) is 0 Å². The Morgan fingerprint density at radius 2 is 1.57 bits per heavy atom. The average Bonchev–Trinajstić information content (AvgIpc) is 1.87. The molecule has 0 spiro atoms. The quantitative estimate of drug-likeness (QED) is 0.449. The van der Waals surface area contributed by atoms with E-state index < -0.39 is 22.2 Å². The fourth-order valence-corrected chi connectivity index (χ4v) is 2.60. The molecule has 0 aromatic heterocycles. The highest BCUT2D eigenvalue weighted by atomic mass is 32.3. The summed E-state index contributed by atoms with van der Waals surface area (Å²) in [6.07, 6.45) is 0. The molecule has 1 fully saturated rings. The second-order valence-electron chi connectivity index (χ2n) is 1.08. The highest BCUT2D eigenvalue weighted by Gasteiger charge is 2.16. The lowest BCUT2D eigenvalue weighted by atomic mass is 11.0. The van der Waals surface area contributed by atoms with E-state index in [1.54, 1.807) is 0 Å². The van der Waals surface area contributed by atoms with Gasteiger partial charge in [0.25, 0.3) is 0 Å². The van der Waals surface area contributed by atoms with Gasteiger partial charge in [0.2, 0.25) is 0 Å². The summed E-state index contributed by atoms with van der Waals surface area (Å²) >= 11 is -2.51. The first-order valence-electron chi connectivity index (χ1n) is 1.74. The SMILES string of the molecule is O=S1CCS(=O)O1. The number of hydrogen-bond donors (Lipinski definition) is 0. The van der Waals surface area contributed by atoms with Gasteiger partial charge in [-0.1, -0.05) is 0 Å². The molecule has 42 valence electrons. The van der Waals surface area contributed by atoms with Crippen LogP contribution in [0, 0.1) is 0 Å². The van der Waals surface area contributed by atoms with Gasteiger partial charge >= 0.3 is 0 Å². The fourth-order valence-electron chi connectivity index (χ4n) is 0.289. The number of rotatable bonds is 0. The minimum Gasteiger partial charge on any atom is -0.229 e. The Balaban J connectivity index is 2.55. The zero-order chi connectivity index (χ0) is 5.28. The van der Waals surface area contributed by atoms with E-state index >= 15 is 0 Å². The molecule has 0 unspecified atom stereocenters. The predicted octanol–water partition coefficient (Wildman–Crippen LogP) is -0.656. The molecule has 0 atom stereocenters. The van der Waals surface area contributed by atoms with Gasteiger partial charge in [0, 0.05) is 0 Å². The summed E-state index contributed by atoms with van der Waals surface area (Å²) in [6.45, 7) is 0. The normalized spacial score (nSPS) is 41.7. The summed E-state index contributed by atoms with van der Waals surface area (Å²) in [5.41, 5.74) is 0. The second-order valence-corrected chi connectivity index (χ2v) is 3.66. The van der Waals surface area contributed by atoms with Crippen LogP contribution in [0.1, 0.15) is 0 Å². The van der Waals surface area contributed by atoms with E-state index in [2.05, 4.69) is 3.63 Å². The van der Waals surface area contributed by atoms with Crippen molar-refractivity contribution in [2.24, 2.45) is 0 Å². The maximum Gasteiger partial charge on any atom is 0.170 e. The molecule has 1 aliphatic rings. The van der Waals surface area contributed by atoms with Gasteiger partial charge in [0.1, 0.15) is 0 Å². The van der Waals surface area contributed by atoms with Crippen molar-refractivity contribution in [1.29, 1.82) is 0 Å². The molecule has 0 aliphatic carbocycles. The minimum atomic E-state index is -1.25. The van der Waals surface area contributed by atoms with E-state index in [9.17, 15) is 8.42 Å². The summed E-state index contributed by atoms with van der Waals surface area (Å²) in [5, 5.41) is 0. The van der Waals surface area contributed by atoms with E-state index in [-0.39, 0.29) is 0 Å². The molecule has 0 aromatic rings. The van der Waals surface area contributed by atoms with Crippen LogP contribution in [0.15, 0.2) is 0 Å². The molecule has 0 amide bonds. The van der Waals surface area contributed by atoms with Crippen LogP contribution in [-0.2, 0) is 25.8 Å². The van der Waals surface area contributed by atoms with Crippen LogP contribution in [0.3, 0.4) is 0 Å². The van der Waals surface area contributed by atoms with Gasteiger partial charge in [-0.25, -0.2) is 8.42 Å². The molecule has 0 N–H and O–H groups in total. The molecule has 1 aliphatic heterocycles. The Morgan fingerprint density at radius 3 is 1.71 bits per heavy atom. The zero-order valence-corrected chi connectivity index (χ0v) is 5.09. The van der Waals surface area contributed by atoms with Crippen molar-refractivity contribution in [3.8, 4) is 0 Å². The zero-order valence-electron chi connectivity index (χ0n) is 3.46. The molecule has 1 saturated heterocycles. The number of hydrogen-bond acceptors (Lipinski definition) is 3. The molecular formula is C2H4O3S2. The van der Waals surface area contributed by atoms with Gasteiger partial charge in [0.05, 0.1) is 11.5 Å². The Morgan fingerprint density at radius 1 is 1.14 bits per heavy atom. The largest absolute Gasteiger partial charge is 0.229 e. The molecule has 0 saturated carbocycles. The Hall–Kier alpha value is 0.260. The van der Waals surface area contributed by atoms with Gasteiger partial charge in [-0.15, -0.1) is 0 Å². The van der Waals surface area contributed by atoms with Crippen molar-refractivity contribution >= 4 is 22.2 Å². The van der Waals surface area contributed by atoms with Crippen LogP contribution < -0.4 is 0 Å². The van der Waals surface area contributed by atoms with Crippen molar-refractivity contribution in [3.05, 3.63) is 0 Å². The summed E-state index contributed by atoms with van der Waals surface area (Å²) in [5.74, 6) is 0.846. The summed E-state index contributed by atoms with van der Waals surface area (Å²) in [7, 11) is 0. The van der Waals surface area contributed by atoms with Gasteiger partial charge < -0.3 is 0 Å². The predicted molar refractivity (Wildman–Crippen MR) is 27.1 cm³/mol. The summed E-state index contributed by atoms with van der Waals surface area (Å²) < 4.78 is 24.6. The minimum absolute atomic E-state index is 0.423. The average molecular weight is 140 g/mol. The van der Waals surface area contributed by atoms with Gasteiger partial charge in [-0.05, 0) is 0 Å². The molecular weight excluding hydrogens is 136 g/mol. The third kappa shape index (κ3) is 1.32. The van der Waals surface area contributed by atoms with Crippen molar-refractivity contribution in [3.63, 3.8) is 0 Å². The maximum absolute atomic E-state index is 10.1. The maximum atomic E-state index is 10.1. The lowest BCUT2D eigenvalue weighted by Gasteiger charge is -1.77. The highest BCUT2D eigenvalue weighted by molar-refractivity contribution is 7.96. The highest BCUT2D eigenvalue weighted by Crippen LogP contribution is 2.01. The van der Waals surface area contributed by atoms with Crippen LogP contribution >= 0.6 is 0 Å². The van der Waals surface area contributed by atoms with Gasteiger partial charge in [-0.2, -0.15) is 3.63 Å². The second kappa shape index (κ2) is 2.02. The lowest BCUT2D eigenvalue weighted by Crippen LogP contribution is -1.86. The van der Waals surface area contributed by atoms with Crippen LogP contribution in [0.5, 0.6) is 0 Å². The van der Waals surface area contributed by atoms with E-state index in [1.807, 2.05) is 0 Å². The van der Waals surface area contributed by atoms with Crippen LogP contribution in [0.25, 0.3) is 0 Å². The van der Waals surface area contributed by atoms with Crippen LogP contribution in [-0.4, -0.2) is 19.9 Å². The molecule has 0 aromatic carbocycles. The smallest absolute Gasteiger partial charge is 0.170 e. The van der Waals surface area contributed by atoms with Crippen molar-refractivity contribution < 1.29 is 12.0 Å². The van der Waals surface area contributed by atoms with Crippen molar-refractivity contribution in [2.45, 2.75) is 0 Å². The Labute approximate surface area is 46.4 Å². The van der Waals surface area contributed by atoms with Crippen molar-refractivity contribution in [1.82, 2.24) is 0 Å². The topological polar surface area (TPSA) is 43.4 Å². The van der Waals surface area contributed by atoms with Crippen molar-refractivity contribution in [2.75, 3.05) is 11.5 Å². The van der Waals surface area contributed by atoms with Crippen LogP contribution in [0.2, 0.25) is 0 Å². The fraction of sp³-hybridized carbons (Fsp3) is 1.00. The molecule has 1 heterocycles. The molecule has 0 bridgehead atoms. The molecule has 1 rings (SSSR count). The first kappa shape index (κ1) is 5.40. The molecule has 0 radical (unpaired) electrons. The first-order chi connectivity index (χ1) is 3.29. The van der Waals surface area contributed by atoms with Gasteiger partial charge in [-0.3, -0.25) is 0 Å². The molecule has 3 nitrogen and oxygen atoms in total. The lowest BCUT2D eigenvalue weighted by molar-refractivity contribution is 0.581. The molecule has 5 heteroatoms. The molecule has 7 heavy (non-hydrogen) atoms. The Kier molecular flexibility index (Phi) is 1.56. The van der Waals surface area contributed by atoms with E-state index in [0.29, 0.717) is 11.5 Å². The van der Waals surface area contributed by atoms with E-state index in [4.69, 9.17) is 0 Å². The third-order valence-corrected chi connectivity index (χ3v) is 3.12.